The molecule has 26 heavy (non-hydrogen) atoms. The number of amides is 1. The van der Waals surface area contributed by atoms with Crippen molar-refractivity contribution in [3.05, 3.63) is 82.8 Å². The number of hydrogen-bond acceptors (Lipinski definition) is 3. The smallest absolute Gasteiger partial charge is 0.253 e. The SMILES string of the molecule is Cc1cc(C(=O)NC2c3ccccc3CC2O)c(C)n1-c1ccccn1. The molecule has 1 aliphatic carbocycles. The number of benzene rings is 1. The minimum absolute atomic E-state index is 0.180. The van der Waals surface area contributed by atoms with Crippen LogP contribution in [-0.2, 0) is 6.42 Å². The molecule has 0 saturated heterocycles. The summed E-state index contributed by atoms with van der Waals surface area (Å²) in [7, 11) is 0. The number of fused-ring (bicyclic) bond motifs is 1. The van der Waals surface area contributed by atoms with Crippen LogP contribution in [0, 0.1) is 13.8 Å². The summed E-state index contributed by atoms with van der Waals surface area (Å²) in [5.74, 6) is 0.605. The van der Waals surface area contributed by atoms with Crippen LogP contribution in [0.15, 0.2) is 54.7 Å². The van der Waals surface area contributed by atoms with Crippen LogP contribution in [0.5, 0.6) is 0 Å². The maximum absolute atomic E-state index is 12.9. The second-order valence-electron chi connectivity index (χ2n) is 6.73. The van der Waals surface area contributed by atoms with E-state index in [2.05, 4.69) is 10.3 Å². The highest BCUT2D eigenvalue weighted by Crippen LogP contribution is 2.31. The topological polar surface area (TPSA) is 67.2 Å². The molecule has 132 valence electrons. The first kappa shape index (κ1) is 16.5. The zero-order chi connectivity index (χ0) is 18.3. The molecular formula is C21H21N3O2. The Kier molecular flexibility index (Phi) is 4.09. The Morgan fingerprint density at radius 1 is 1.19 bits per heavy atom. The van der Waals surface area contributed by atoms with Gasteiger partial charge in [-0.15, -0.1) is 0 Å². The number of nitrogens with one attached hydrogen (secondary N) is 1. The Bertz CT molecular complexity index is 963. The molecule has 2 N–H and O–H groups in total. The van der Waals surface area contributed by atoms with E-state index in [0.717, 1.165) is 28.3 Å². The number of pyridine rings is 1. The highest BCUT2D eigenvalue weighted by molar-refractivity contribution is 5.96. The number of nitrogens with zero attached hydrogens (tertiary/aromatic N) is 2. The van der Waals surface area contributed by atoms with Crippen LogP contribution in [-0.4, -0.2) is 26.7 Å². The van der Waals surface area contributed by atoms with E-state index < -0.39 is 6.10 Å². The second kappa shape index (κ2) is 6.42. The quantitative estimate of drug-likeness (QED) is 0.766. The molecule has 4 rings (SSSR count). The van der Waals surface area contributed by atoms with Crippen molar-refractivity contribution in [2.24, 2.45) is 0 Å². The molecule has 0 bridgehead atoms. The summed E-state index contributed by atoms with van der Waals surface area (Å²) in [4.78, 5) is 17.3. The molecule has 0 spiro atoms. The van der Waals surface area contributed by atoms with E-state index in [9.17, 15) is 9.90 Å². The van der Waals surface area contributed by atoms with Crippen LogP contribution < -0.4 is 5.32 Å². The highest BCUT2D eigenvalue weighted by Gasteiger charge is 2.32. The predicted molar refractivity (Wildman–Crippen MR) is 99.4 cm³/mol. The number of carbonyl (C=O) groups excluding carboxylic acids is 1. The van der Waals surface area contributed by atoms with Gasteiger partial charge in [-0.2, -0.15) is 0 Å². The summed E-state index contributed by atoms with van der Waals surface area (Å²) in [6.45, 7) is 3.87. The molecule has 3 aromatic rings. The van der Waals surface area contributed by atoms with Gasteiger partial charge in [0, 0.05) is 24.0 Å². The van der Waals surface area contributed by atoms with Crippen molar-refractivity contribution in [3.63, 3.8) is 0 Å². The van der Waals surface area contributed by atoms with Crippen molar-refractivity contribution in [2.45, 2.75) is 32.4 Å². The van der Waals surface area contributed by atoms with Crippen LogP contribution in [0.3, 0.4) is 0 Å². The van der Waals surface area contributed by atoms with Gasteiger partial charge in [0.25, 0.3) is 5.91 Å². The molecule has 1 amide bonds. The zero-order valence-corrected chi connectivity index (χ0v) is 14.8. The number of aliphatic hydroxyl groups is 1. The molecule has 2 aromatic heterocycles. The van der Waals surface area contributed by atoms with Crippen molar-refractivity contribution in [1.82, 2.24) is 14.9 Å². The molecule has 1 aromatic carbocycles. The third-order valence-electron chi connectivity index (χ3n) is 5.04. The molecule has 2 atom stereocenters. The van der Waals surface area contributed by atoms with E-state index in [1.54, 1.807) is 6.20 Å². The normalized spacial score (nSPS) is 18.6. The van der Waals surface area contributed by atoms with Crippen molar-refractivity contribution < 1.29 is 9.90 Å². The molecule has 2 heterocycles. The van der Waals surface area contributed by atoms with E-state index >= 15 is 0 Å². The van der Waals surface area contributed by atoms with Crippen LogP contribution in [0.2, 0.25) is 0 Å². The number of hydrogen-bond donors (Lipinski definition) is 2. The average molecular weight is 347 g/mol. The van der Waals surface area contributed by atoms with Gasteiger partial charge >= 0.3 is 0 Å². The fraction of sp³-hybridized carbons (Fsp3) is 0.238. The Morgan fingerprint density at radius 2 is 1.96 bits per heavy atom. The number of carbonyl (C=O) groups is 1. The predicted octanol–water partition coefficient (Wildman–Crippen LogP) is 2.88. The van der Waals surface area contributed by atoms with Crippen molar-refractivity contribution >= 4 is 5.91 Å². The van der Waals surface area contributed by atoms with Gasteiger partial charge in [-0.05, 0) is 43.2 Å². The lowest BCUT2D eigenvalue weighted by molar-refractivity contribution is 0.0857. The van der Waals surface area contributed by atoms with E-state index in [0.29, 0.717) is 12.0 Å². The lowest BCUT2D eigenvalue weighted by Crippen LogP contribution is -2.34. The molecule has 0 fully saturated rings. The molecule has 0 aliphatic heterocycles. The van der Waals surface area contributed by atoms with E-state index in [1.807, 2.05) is 66.9 Å². The van der Waals surface area contributed by atoms with Gasteiger partial charge in [0.2, 0.25) is 0 Å². The fourth-order valence-electron chi connectivity index (χ4n) is 3.80. The molecule has 2 unspecified atom stereocenters. The summed E-state index contributed by atoms with van der Waals surface area (Å²) in [5.41, 5.74) is 4.46. The van der Waals surface area contributed by atoms with Crippen LogP contribution in [0.1, 0.15) is 38.9 Å². The number of rotatable bonds is 3. The average Bonchev–Trinajstić information content (AvgIpc) is 3.12. The standard InChI is InChI=1S/C21H21N3O2/c1-13-11-17(14(2)24(13)19-9-5-6-10-22-19)21(26)23-20-16-8-4-3-7-15(16)12-18(20)25/h3-11,18,20,25H,12H2,1-2H3,(H,23,26). The van der Waals surface area contributed by atoms with Crippen molar-refractivity contribution in [1.29, 1.82) is 0 Å². The first-order valence-electron chi connectivity index (χ1n) is 8.73. The lowest BCUT2D eigenvalue weighted by atomic mass is 10.1. The Hall–Kier alpha value is -2.92. The van der Waals surface area contributed by atoms with Crippen LogP contribution in [0.25, 0.3) is 5.82 Å². The van der Waals surface area contributed by atoms with E-state index in [4.69, 9.17) is 0 Å². The molecule has 5 heteroatoms. The van der Waals surface area contributed by atoms with E-state index in [-0.39, 0.29) is 11.9 Å². The summed E-state index contributed by atoms with van der Waals surface area (Å²) >= 11 is 0. The molecule has 0 radical (unpaired) electrons. The van der Waals surface area contributed by atoms with Gasteiger partial charge in [-0.25, -0.2) is 4.98 Å². The minimum atomic E-state index is -0.601. The fourth-order valence-corrected chi connectivity index (χ4v) is 3.80. The second-order valence-corrected chi connectivity index (χ2v) is 6.73. The Morgan fingerprint density at radius 3 is 2.73 bits per heavy atom. The van der Waals surface area contributed by atoms with Crippen LogP contribution >= 0.6 is 0 Å². The molecule has 1 aliphatic rings. The van der Waals surface area contributed by atoms with Gasteiger partial charge in [0.05, 0.1) is 17.7 Å². The Labute approximate surface area is 152 Å². The van der Waals surface area contributed by atoms with Gasteiger partial charge in [-0.1, -0.05) is 30.3 Å². The highest BCUT2D eigenvalue weighted by atomic mass is 16.3. The van der Waals surface area contributed by atoms with Gasteiger partial charge in [0.15, 0.2) is 0 Å². The van der Waals surface area contributed by atoms with Gasteiger partial charge in [0.1, 0.15) is 5.82 Å². The molecule has 0 saturated carbocycles. The zero-order valence-electron chi connectivity index (χ0n) is 14.8. The van der Waals surface area contributed by atoms with Gasteiger partial charge < -0.3 is 15.0 Å². The summed E-state index contributed by atoms with van der Waals surface area (Å²) in [6.07, 6.45) is 1.70. The molecule has 5 nitrogen and oxygen atoms in total. The summed E-state index contributed by atoms with van der Waals surface area (Å²) in [6, 6.07) is 15.0. The summed E-state index contributed by atoms with van der Waals surface area (Å²) in [5, 5.41) is 13.4. The number of aromatic nitrogens is 2. The minimum Gasteiger partial charge on any atom is -0.390 e. The lowest BCUT2D eigenvalue weighted by Gasteiger charge is -2.18. The molecular weight excluding hydrogens is 326 g/mol. The monoisotopic (exact) mass is 347 g/mol. The third kappa shape index (κ3) is 2.70. The number of aliphatic hydroxyl groups excluding tert-OH is 1. The summed E-state index contributed by atoms with van der Waals surface area (Å²) < 4.78 is 1.97. The van der Waals surface area contributed by atoms with Crippen molar-refractivity contribution in [3.8, 4) is 5.82 Å². The first-order valence-corrected chi connectivity index (χ1v) is 8.73. The van der Waals surface area contributed by atoms with E-state index in [1.165, 1.54) is 0 Å². The number of aryl methyl sites for hydroxylation is 1. The Balaban J connectivity index is 1.64. The first-order chi connectivity index (χ1) is 12.6. The third-order valence-corrected chi connectivity index (χ3v) is 5.04. The van der Waals surface area contributed by atoms with Crippen molar-refractivity contribution in [2.75, 3.05) is 0 Å². The van der Waals surface area contributed by atoms with Gasteiger partial charge in [-0.3, -0.25) is 4.79 Å². The maximum Gasteiger partial charge on any atom is 0.253 e. The van der Waals surface area contributed by atoms with Crippen LogP contribution in [0.4, 0.5) is 0 Å². The maximum atomic E-state index is 12.9. The largest absolute Gasteiger partial charge is 0.390 e.